The van der Waals surface area contributed by atoms with Gasteiger partial charge in [-0.3, -0.25) is 4.79 Å². The lowest BCUT2D eigenvalue weighted by molar-refractivity contribution is -0.147. The molecule has 0 amide bonds. The second-order valence-corrected chi connectivity index (χ2v) is 9.72. The Morgan fingerprint density at radius 3 is 2.67 bits per heavy atom. The van der Waals surface area contributed by atoms with E-state index in [1.54, 1.807) is 13.8 Å². The van der Waals surface area contributed by atoms with Crippen LogP contribution in [0.15, 0.2) is 36.4 Å². The summed E-state index contributed by atoms with van der Waals surface area (Å²) < 4.78 is 54.7. The molecule has 0 unspecified atom stereocenters. The Kier molecular flexibility index (Phi) is 9.79. The fourth-order valence-corrected chi connectivity index (χ4v) is 4.75. The van der Waals surface area contributed by atoms with Crippen molar-refractivity contribution in [3.05, 3.63) is 42.0 Å². The number of esters is 1. The first-order chi connectivity index (χ1) is 17.0. The maximum absolute atomic E-state index is 12.9. The highest BCUT2D eigenvalue weighted by Gasteiger charge is 2.57. The van der Waals surface area contributed by atoms with Crippen LogP contribution in [0.3, 0.4) is 0 Å². The zero-order valence-corrected chi connectivity index (χ0v) is 20.4. The monoisotopic (exact) mass is 516 g/mol. The molecule has 36 heavy (non-hydrogen) atoms. The molecule has 2 fully saturated rings. The van der Waals surface area contributed by atoms with Gasteiger partial charge in [0.05, 0.1) is 30.0 Å². The van der Waals surface area contributed by atoms with Crippen molar-refractivity contribution in [1.82, 2.24) is 0 Å². The van der Waals surface area contributed by atoms with Gasteiger partial charge >= 0.3 is 12.1 Å². The number of rotatable bonds is 12. The number of aliphatic hydroxyl groups excluding tert-OH is 3. The minimum atomic E-state index is -4.49. The van der Waals surface area contributed by atoms with E-state index in [0.29, 0.717) is 25.7 Å². The van der Waals surface area contributed by atoms with Crippen LogP contribution >= 0.6 is 0 Å². The summed E-state index contributed by atoms with van der Waals surface area (Å²) in [5, 5.41) is 31.4. The molecule has 202 valence electrons. The number of ether oxygens (including phenoxy) is 3. The van der Waals surface area contributed by atoms with E-state index in [9.17, 15) is 33.3 Å². The molecule has 0 aromatic heterocycles. The lowest BCUT2D eigenvalue weighted by Crippen LogP contribution is -2.32. The molecule has 7 nitrogen and oxygen atoms in total. The third-order valence-corrected chi connectivity index (χ3v) is 6.51. The third kappa shape index (κ3) is 7.93. The number of halogens is 3. The fraction of sp³-hybridized carbons (Fsp3) is 0.654. The second-order valence-electron chi connectivity index (χ2n) is 9.72. The average molecular weight is 517 g/mol. The zero-order chi connectivity index (χ0) is 26.5. The van der Waals surface area contributed by atoms with Crippen molar-refractivity contribution in [3.8, 4) is 5.75 Å². The zero-order valence-electron chi connectivity index (χ0n) is 20.4. The molecule has 0 spiro atoms. The van der Waals surface area contributed by atoms with E-state index in [1.165, 1.54) is 12.1 Å². The number of allylic oxidation sites excluding steroid dienone is 2. The van der Waals surface area contributed by atoms with Gasteiger partial charge in [-0.2, -0.15) is 13.2 Å². The van der Waals surface area contributed by atoms with Gasteiger partial charge in [0.25, 0.3) is 0 Å². The summed E-state index contributed by atoms with van der Waals surface area (Å²) in [6.45, 7) is 3.33. The summed E-state index contributed by atoms with van der Waals surface area (Å²) in [7, 11) is 0. The number of carbonyl (C=O) groups excluding carboxylic acids is 1. The third-order valence-electron chi connectivity index (χ3n) is 6.51. The Bertz CT molecular complexity index is 889. The molecule has 1 aromatic carbocycles. The molecule has 2 aliphatic rings. The molecule has 7 atom stereocenters. The quantitative estimate of drug-likeness (QED) is 0.168. The Morgan fingerprint density at radius 2 is 1.97 bits per heavy atom. The van der Waals surface area contributed by atoms with Crippen LogP contribution in [0.2, 0.25) is 0 Å². The van der Waals surface area contributed by atoms with Gasteiger partial charge in [0, 0.05) is 12.3 Å². The standard InChI is InChI=1S/C26H35F3O7/c1-15(2)35-22(33)11-6-4-3-5-10-18-19(30)13-20(31)23(18)25-24(36-25)21(32)14-34-17-9-7-8-16(12-17)26(27,28)29/h3,5,7-9,12,15,18-21,23-25,30-32H,4,6,10-11,13-14H2,1-2H3/b5-3-/t18-,19-,20+,21-,23+,24-,25+/m0/s1. The first-order valence-electron chi connectivity index (χ1n) is 12.3. The van der Waals surface area contributed by atoms with E-state index in [2.05, 4.69) is 0 Å². The lowest BCUT2D eigenvalue weighted by Gasteiger charge is -2.21. The maximum Gasteiger partial charge on any atom is 0.416 e. The van der Waals surface area contributed by atoms with Crippen LogP contribution < -0.4 is 4.74 Å². The van der Waals surface area contributed by atoms with Crippen molar-refractivity contribution >= 4 is 5.97 Å². The highest BCUT2D eigenvalue weighted by Crippen LogP contribution is 2.46. The van der Waals surface area contributed by atoms with Gasteiger partial charge < -0.3 is 29.5 Å². The topological polar surface area (TPSA) is 109 Å². The second kappa shape index (κ2) is 12.4. The van der Waals surface area contributed by atoms with Crippen molar-refractivity contribution < 1.29 is 47.5 Å². The fourth-order valence-electron chi connectivity index (χ4n) is 4.75. The number of carbonyl (C=O) groups is 1. The number of epoxide rings is 1. The minimum absolute atomic E-state index is 0.0159. The van der Waals surface area contributed by atoms with E-state index in [-0.39, 0.29) is 42.7 Å². The molecule has 0 bridgehead atoms. The van der Waals surface area contributed by atoms with Gasteiger partial charge in [0.2, 0.25) is 0 Å². The van der Waals surface area contributed by atoms with Crippen molar-refractivity contribution in [3.63, 3.8) is 0 Å². The minimum Gasteiger partial charge on any atom is -0.491 e. The molecule has 1 aliphatic carbocycles. The van der Waals surface area contributed by atoms with Crippen LogP contribution in [0, 0.1) is 11.8 Å². The van der Waals surface area contributed by atoms with Crippen LogP contribution in [0.1, 0.15) is 51.5 Å². The van der Waals surface area contributed by atoms with E-state index in [1.807, 2.05) is 12.2 Å². The first-order valence-corrected chi connectivity index (χ1v) is 12.3. The number of alkyl halides is 3. The van der Waals surface area contributed by atoms with E-state index < -0.39 is 42.3 Å². The predicted octanol–water partition coefficient (Wildman–Crippen LogP) is 3.64. The van der Waals surface area contributed by atoms with Gasteiger partial charge in [-0.25, -0.2) is 0 Å². The number of aliphatic hydroxyl groups is 3. The summed E-state index contributed by atoms with van der Waals surface area (Å²) in [4.78, 5) is 11.6. The normalized spacial score (nSPS) is 29.0. The summed E-state index contributed by atoms with van der Waals surface area (Å²) in [6, 6.07) is 4.41. The maximum atomic E-state index is 12.9. The van der Waals surface area contributed by atoms with E-state index in [4.69, 9.17) is 14.2 Å². The first kappa shape index (κ1) is 28.4. The number of hydrogen-bond acceptors (Lipinski definition) is 7. The smallest absolute Gasteiger partial charge is 0.416 e. The van der Waals surface area contributed by atoms with Crippen LogP contribution in [0.25, 0.3) is 0 Å². The Balaban J connectivity index is 1.46. The summed E-state index contributed by atoms with van der Waals surface area (Å²) in [5.74, 6) is -0.911. The van der Waals surface area contributed by atoms with Gasteiger partial charge in [-0.05, 0) is 63.6 Å². The molecule has 1 aliphatic heterocycles. The molecule has 1 saturated carbocycles. The molecule has 3 rings (SSSR count). The molecule has 1 aromatic rings. The highest BCUT2D eigenvalue weighted by molar-refractivity contribution is 5.69. The average Bonchev–Trinajstić information content (AvgIpc) is 3.52. The summed E-state index contributed by atoms with van der Waals surface area (Å²) in [5.41, 5.74) is -0.843. The number of unbranched alkanes of at least 4 members (excludes halogenated alkanes) is 1. The van der Waals surface area contributed by atoms with Crippen LogP contribution in [-0.2, 0) is 20.4 Å². The largest absolute Gasteiger partial charge is 0.491 e. The van der Waals surface area contributed by atoms with Gasteiger partial charge in [0.1, 0.15) is 24.6 Å². The molecule has 10 heteroatoms. The van der Waals surface area contributed by atoms with Crippen molar-refractivity contribution in [2.75, 3.05) is 6.61 Å². The predicted molar refractivity (Wildman–Crippen MR) is 124 cm³/mol. The van der Waals surface area contributed by atoms with Gasteiger partial charge in [-0.15, -0.1) is 0 Å². The molecule has 1 saturated heterocycles. The molecular weight excluding hydrogens is 481 g/mol. The van der Waals surface area contributed by atoms with Gasteiger partial charge in [0.15, 0.2) is 0 Å². The summed E-state index contributed by atoms with van der Waals surface area (Å²) >= 11 is 0. The Hall–Kier alpha value is -2.14. The van der Waals surface area contributed by atoms with E-state index >= 15 is 0 Å². The van der Waals surface area contributed by atoms with Crippen LogP contribution in [0.5, 0.6) is 5.75 Å². The number of benzene rings is 1. The van der Waals surface area contributed by atoms with Crippen molar-refractivity contribution in [2.24, 2.45) is 11.8 Å². The Labute approximate surface area is 208 Å². The van der Waals surface area contributed by atoms with Crippen molar-refractivity contribution in [2.45, 2.75) is 88.8 Å². The lowest BCUT2D eigenvalue weighted by atomic mass is 9.86. The Morgan fingerprint density at radius 1 is 1.22 bits per heavy atom. The van der Waals surface area contributed by atoms with Crippen LogP contribution in [-0.4, -0.2) is 64.5 Å². The summed E-state index contributed by atoms with van der Waals surface area (Å²) in [6.07, 6.45) is -2.18. The molecule has 1 heterocycles. The number of hydrogen-bond donors (Lipinski definition) is 3. The van der Waals surface area contributed by atoms with Gasteiger partial charge in [-0.1, -0.05) is 18.2 Å². The highest BCUT2D eigenvalue weighted by atomic mass is 19.4. The van der Waals surface area contributed by atoms with E-state index in [0.717, 1.165) is 12.1 Å². The SMILES string of the molecule is CC(C)OC(=O)CCC/C=C\C[C@@H]1[C@@H]([C@H]2O[C@H]2[C@@H](O)COc2cccc(C(F)(F)F)c2)[C@H](O)C[C@@H]1O. The molecule has 3 N–H and O–H groups in total. The molecule has 0 radical (unpaired) electrons. The van der Waals surface area contributed by atoms with Crippen molar-refractivity contribution in [1.29, 1.82) is 0 Å². The molecular formula is C26H35F3O7. The van der Waals surface area contributed by atoms with Crippen LogP contribution in [0.4, 0.5) is 13.2 Å².